The number of carbonyl (C=O) groups excluding carboxylic acids is 1. The summed E-state index contributed by atoms with van der Waals surface area (Å²) in [7, 11) is 1.87. The molecule has 1 aromatic rings. The molecule has 0 saturated carbocycles. The van der Waals surface area contributed by atoms with Gasteiger partial charge in [0.2, 0.25) is 5.91 Å². The number of hydrogen-bond donors (Lipinski definition) is 2. The summed E-state index contributed by atoms with van der Waals surface area (Å²) in [5.41, 5.74) is 3.17. The number of anilines is 1. The van der Waals surface area contributed by atoms with E-state index in [-0.39, 0.29) is 36.9 Å². The summed E-state index contributed by atoms with van der Waals surface area (Å²) in [6.07, 6.45) is 2.81. The zero-order chi connectivity index (χ0) is 20.8. The Labute approximate surface area is 181 Å². The smallest absolute Gasteiger partial charge is 0.317 e. The number of nitrogens with one attached hydrogen (secondary N) is 1. The number of carboxylic acids is 1. The Morgan fingerprint density at radius 1 is 1.24 bits per heavy atom. The van der Waals surface area contributed by atoms with E-state index >= 15 is 0 Å². The maximum absolute atomic E-state index is 13.0. The number of para-hydroxylation sites is 1. The molecule has 6 nitrogen and oxygen atoms in total. The number of rotatable bonds is 7. The fourth-order valence-corrected chi connectivity index (χ4v) is 4.01. The number of nitrogens with zero attached hydrogens (tertiary/aromatic N) is 2. The summed E-state index contributed by atoms with van der Waals surface area (Å²) < 4.78 is 0. The van der Waals surface area contributed by atoms with Gasteiger partial charge in [0.25, 0.3) is 0 Å². The second-order valence-electron chi connectivity index (χ2n) is 8.29. The third-order valence-corrected chi connectivity index (χ3v) is 5.84. The van der Waals surface area contributed by atoms with Crippen LogP contribution in [0.2, 0.25) is 0 Å². The third kappa shape index (κ3) is 6.98. The van der Waals surface area contributed by atoms with Crippen LogP contribution in [0.15, 0.2) is 18.2 Å². The van der Waals surface area contributed by atoms with Crippen LogP contribution < -0.4 is 5.32 Å². The van der Waals surface area contributed by atoms with Crippen molar-refractivity contribution >= 4 is 30.0 Å². The molecule has 2 N–H and O–H groups in total. The highest BCUT2D eigenvalue weighted by molar-refractivity contribution is 5.96. The van der Waals surface area contributed by atoms with Crippen LogP contribution in [-0.4, -0.2) is 65.5 Å². The largest absolute Gasteiger partial charge is 0.480 e. The van der Waals surface area contributed by atoms with E-state index < -0.39 is 5.97 Å². The average Bonchev–Trinajstić information content (AvgIpc) is 2.88. The van der Waals surface area contributed by atoms with E-state index in [4.69, 9.17) is 5.11 Å². The van der Waals surface area contributed by atoms with Gasteiger partial charge in [-0.15, -0.1) is 12.4 Å². The molecule has 1 aromatic carbocycles. The number of benzene rings is 1. The highest BCUT2D eigenvalue weighted by atomic mass is 35.5. The van der Waals surface area contributed by atoms with Crippen molar-refractivity contribution < 1.29 is 14.7 Å². The molecular weight excluding hydrogens is 390 g/mol. The molecule has 1 saturated heterocycles. The Morgan fingerprint density at radius 3 is 2.55 bits per heavy atom. The molecule has 0 aromatic heterocycles. The number of likely N-dealkylation sites (N-methyl/N-ethyl adjacent to an activating group) is 1. The van der Waals surface area contributed by atoms with Crippen LogP contribution in [0.3, 0.4) is 0 Å². The molecule has 2 atom stereocenters. The molecule has 1 heterocycles. The first kappa shape index (κ1) is 25.4. The Hall–Kier alpha value is -1.63. The summed E-state index contributed by atoms with van der Waals surface area (Å²) in [5.74, 6) is -0.432. The van der Waals surface area contributed by atoms with Crippen LogP contribution in [0.1, 0.15) is 57.1 Å². The molecule has 29 heavy (non-hydrogen) atoms. The van der Waals surface area contributed by atoms with Crippen molar-refractivity contribution in [3.8, 4) is 0 Å². The molecule has 1 amide bonds. The summed E-state index contributed by atoms with van der Waals surface area (Å²) in [4.78, 5) is 28.1. The normalized spacial score (nSPS) is 18.8. The minimum absolute atomic E-state index is 0. The van der Waals surface area contributed by atoms with Crippen molar-refractivity contribution in [1.29, 1.82) is 0 Å². The third-order valence-electron chi connectivity index (χ3n) is 5.84. The van der Waals surface area contributed by atoms with Gasteiger partial charge in [0.15, 0.2) is 0 Å². The highest BCUT2D eigenvalue weighted by Gasteiger charge is 2.27. The lowest BCUT2D eigenvalue weighted by Gasteiger charge is -2.28. The lowest BCUT2D eigenvalue weighted by atomic mass is 9.98. The SMILES string of the molecule is Cc1cccc(C(C)C)c1NC(=O)C(C)N1CCCC(N(C)CC(=O)O)CC1.Cl. The number of hydrogen-bond acceptors (Lipinski definition) is 4. The molecule has 2 rings (SSSR count). The minimum Gasteiger partial charge on any atom is -0.480 e. The van der Waals surface area contributed by atoms with Crippen molar-refractivity contribution in [2.75, 3.05) is 32.0 Å². The van der Waals surface area contributed by atoms with Crippen LogP contribution in [0.25, 0.3) is 0 Å². The lowest BCUT2D eigenvalue weighted by molar-refractivity contribution is -0.138. The second kappa shape index (κ2) is 11.5. The fraction of sp³-hybridized carbons (Fsp3) is 0.636. The van der Waals surface area contributed by atoms with E-state index in [2.05, 4.69) is 30.1 Å². The predicted molar refractivity (Wildman–Crippen MR) is 120 cm³/mol. The topological polar surface area (TPSA) is 72.9 Å². The van der Waals surface area contributed by atoms with Crippen molar-refractivity contribution in [2.24, 2.45) is 0 Å². The molecule has 1 aliphatic rings. The van der Waals surface area contributed by atoms with Crippen molar-refractivity contribution in [3.63, 3.8) is 0 Å². The van der Waals surface area contributed by atoms with Gasteiger partial charge in [0.1, 0.15) is 0 Å². The lowest BCUT2D eigenvalue weighted by Crippen LogP contribution is -2.43. The molecule has 2 unspecified atom stereocenters. The van der Waals surface area contributed by atoms with Gasteiger partial charge in [-0.05, 0) is 63.7 Å². The van der Waals surface area contributed by atoms with Crippen molar-refractivity contribution in [1.82, 2.24) is 9.80 Å². The standard InChI is InChI=1S/C22H35N3O3.ClH/c1-15(2)19-10-6-8-16(3)21(19)23-22(28)17(4)25-12-7-9-18(11-13-25)24(5)14-20(26)27;/h6,8,10,15,17-18H,7,9,11-14H2,1-5H3,(H,23,28)(H,26,27);1H. The summed E-state index contributed by atoms with van der Waals surface area (Å²) in [6.45, 7) is 9.98. The van der Waals surface area contributed by atoms with Crippen LogP contribution in [-0.2, 0) is 9.59 Å². The fourth-order valence-electron chi connectivity index (χ4n) is 4.01. The number of carboxylic acid groups (broad SMARTS) is 1. The average molecular weight is 426 g/mol. The van der Waals surface area contributed by atoms with Gasteiger partial charge in [-0.25, -0.2) is 0 Å². The number of amides is 1. The van der Waals surface area contributed by atoms with Gasteiger partial charge in [0.05, 0.1) is 12.6 Å². The van der Waals surface area contributed by atoms with Crippen LogP contribution in [0.5, 0.6) is 0 Å². The first-order valence-electron chi connectivity index (χ1n) is 10.3. The molecular formula is C22H36ClN3O3. The van der Waals surface area contributed by atoms with Gasteiger partial charge in [-0.3, -0.25) is 19.4 Å². The zero-order valence-corrected chi connectivity index (χ0v) is 19.1. The Morgan fingerprint density at radius 2 is 1.93 bits per heavy atom. The second-order valence-corrected chi connectivity index (χ2v) is 8.29. The van der Waals surface area contributed by atoms with Gasteiger partial charge in [-0.1, -0.05) is 32.0 Å². The number of halogens is 1. The van der Waals surface area contributed by atoms with E-state index in [1.165, 1.54) is 0 Å². The number of carbonyl (C=O) groups is 2. The van der Waals surface area contributed by atoms with E-state index in [9.17, 15) is 9.59 Å². The van der Waals surface area contributed by atoms with Gasteiger partial charge < -0.3 is 10.4 Å². The molecule has 1 fully saturated rings. The first-order valence-corrected chi connectivity index (χ1v) is 10.3. The minimum atomic E-state index is -0.796. The van der Waals surface area contributed by atoms with Gasteiger partial charge in [-0.2, -0.15) is 0 Å². The molecule has 164 valence electrons. The number of aliphatic carboxylic acids is 1. The quantitative estimate of drug-likeness (QED) is 0.696. The first-order chi connectivity index (χ1) is 13.2. The van der Waals surface area contributed by atoms with Crippen molar-refractivity contribution in [3.05, 3.63) is 29.3 Å². The Kier molecular flexibility index (Phi) is 10.1. The van der Waals surface area contributed by atoms with Crippen LogP contribution in [0.4, 0.5) is 5.69 Å². The molecule has 7 heteroatoms. The zero-order valence-electron chi connectivity index (χ0n) is 18.3. The molecule has 1 aliphatic heterocycles. The summed E-state index contributed by atoms with van der Waals surface area (Å²) in [6, 6.07) is 6.17. The van der Waals surface area contributed by atoms with Crippen LogP contribution >= 0.6 is 12.4 Å². The molecule has 0 aliphatic carbocycles. The monoisotopic (exact) mass is 425 g/mol. The van der Waals surface area contributed by atoms with E-state index in [0.717, 1.165) is 49.2 Å². The molecule has 0 radical (unpaired) electrons. The van der Waals surface area contributed by atoms with Crippen molar-refractivity contribution in [2.45, 2.75) is 65.0 Å². The molecule has 0 bridgehead atoms. The predicted octanol–water partition coefficient (Wildman–Crippen LogP) is 3.74. The van der Waals surface area contributed by atoms with Gasteiger partial charge in [0, 0.05) is 18.3 Å². The maximum Gasteiger partial charge on any atom is 0.317 e. The summed E-state index contributed by atoms with van der Waals surface area (Å²) in [5, 5.41) is 12.2. The number of likely N-dealkylation sites (tertiary alicyclic amines) is 1. The van der Waals surface area contributed by atoms with Gasteiger partial charge >= 0.3 is 5.97 Å². The van der Waals surface area contributed by atoms with Crippen LogP contribution in [0, 0.1) is 6.92 Å². The number of aryl methyl sites for hydroxylation is 1. The van der Waals surface area contributed by atoms with E-state index in [1.807, 2.05) is 37.9 Å². The van der Waals surface area contributed by atoms with E-state index in [0.29, 0.717) is 5.92 Å². The Balaban J connectivity index is 0.00000420. The van der Waals surface area contributed by atoms with E-state index in [1.54, 1.807) is 0 Å². The summed E-state index contributed by atoms with van der Waals surface area (Å²) >= 11 is 0. The maximum atomic E-state index is 13.0. The highest BCUT2D eigenvalue weighted by Crippen LogP contribution is 2.28. The Bertz CT molecular complexity index is 696. The molecule has 0 spiro atoms.